The zero-order valence-corrected chi connectivity index (χ0v) is 15.7. The molecule has 0 radical (unpaired) electrons. The lowest BCUT2D eigenvalue weighted by Crippen LogP contribution is -2.51. The van der Waals surface area contributed by atoms with Crippen LogP contribution in [0.25, 0.3) is 0 Å². The lowest BCUT2D eigenvalue weighted by atomic mass is 9.99. The Balaban J connectivity index is 2.24. The number of nitrogens with zero attached hydrogens (tertiary/aromatic N) is 3. The molecule has 2 rings (SSSR count). The van der Waals surface area contributed by atoms with Crippen LogP contribution >= 0.6 is 0 Å². The first kappa shape index (κ1) is 19.8. The van der Waals surface area contributed by atoms with Crippen molar-refractivity contribution in [2.45, 2.75) is 24.9 Å². The Labute approximate surface area is 150 Å². The van der Waals surface area contributed by atoms with E-state index in [0.717, 1.165) is 25.9 Å². The fraction of sp³-hybridized carbons (Fsp3) is 0.632. The summed E-state index contributed by atoms with van der Waals surface area (Å²) in [4.78, 5) is 19.4. The van der Waals surface area contributed by atoms with Gasteiger partial charge >= 0.3 is 0 Å². The Hall–Kier alpha value is -1.50. The van der Waals surface area contributed by atoms with E-state index >= 15 is 0 Å². The number of hydrogen-bond donors (Lipinski definition) is 0. The second-order valence-corrected chi connectivity index (χ2v) is 6.98. The molecule has 1 aliphatic rings. The lowest BCUT2D eigenvalue weighted by molar-refractivity contribution is -0.140. The summed E-state index contributed by atoms with van der Waals surface area (Å²) in [6, 6.07) is 6.03. The van der Waals surface area contributed by atoms with Gasteiger partial charge in [0.1, 0.15) is 11.9 Å². The molecule has 1 fully saturated rings. The number of carbonyl (C=O) groups excluding carboxylic acids is 1. The van der Waals surface area contributed by atoms with Crippen LogP contribution in [0.5, 0.6) is 0 Å². The minimum atomic E-state index is -0.493. The van der Waals surface area contributed by atoms with E-state index in [4.69, 9.17) is 4.74 Å². The summed E-state index contributed by atoms with van der Waals surface area (Å²) >= 11 is 0. The molecule has 1 heterocycles. The maximum absolute atomic E-state index is 13.7. The summed E-state index contributed by atoms with van der Waals surface area (Å²) in [5, 5.41) is 0. The predicted molar refractivity (Wildman–Crippen MR) is 96.9 cm³/mol. The van der Waals surface area contributed by atoms with Crippen LogP contribution in [0.3, 0.4) is 0 Å². The van der Waals surface area contributed by atoms with E-state index < -0.39 is 6.04 Å². The van der Waals surface area contributed by atoms with E-state index in [0.29, 0.717) is 18.7 Å². The number of ether oxygens (including phenoxy) is 1. The molecule has 1 amide bonds. The number of amides is 1. The quantitative estimate of drug-likeness (QED) is 0.753. The van der Waals surface area contributed by atoms with Gasteiger partial charge in [-0.1, -0.05) is 12.1 Å². The summed E-state index contributed by atoms with van der Waals surface area (Å²) in [7, 11) is 7.47. The standard InChI is InChI=1S/C19H30FN3O2/c1-21(2)18(15-6-5-7-16(20)14-15)19(24)23(12-13-25-4)17-8-10-22(3)11-9-17/h5-7,14,17-18H,8-13H2,1-4H3. The van der Waals surface area contributed by atoms with Gasteiger partial charge in [-0.25, -0.2) is 4.39 Å². The van der Waals surface area contributed by atoms with Crippen molar-refractivity contribution >= 4 is 5.91 Å². The molecule has 0 N–H and O–H groups in total. The monoisotopic (exact) mass is 351 g/mol. The normalized spacial score (nSPS) is 17.7. The number of likely N-dealkylation sites (N-methyl/N-ethyl adjacent to an activating group) is 1. The van der Waals surface area contributed by atoms with Crippen molar-refractivity contribution < 1.29 is 13.9 Å². The number of piperidine rings is 1. The molecule has 0 bridgehead atoms. The van der Waals surface area contributed by atoms with Crippen molar-refractivity contribution in [1.29, 1.82) is 0 Å². The Kier molecular flexibility index (Phi) is 7.35. The second-order valence-electron chi connectivity index (χ2n) is 6.98. The predicted octanol–water partition coefficient (Wildman–Crippen LogP) is 2.00. The van der Waals surface area contributed by atoms with Gasteiger partial charge in [0.2, 0.25) is 5.91 Å². The Bertz CT molecular complexity index is 559. The highest BCUT2D eigenvalue weighted by Gasteiger charge is 2.33. The summed E-state index contributed by atoms with van der Waals surface area (Å²) < 4.78 is 18.9. The number of methoxy groups -OCH3 is 1. The van der Waals surface area contributed by atoms with Crippen LogP contribution in [0, 0.1) is 5.82 Å². The molecule has 0 aliphatic carbocycles. The highest BCUT2D eigenvalue weighted by atomic mass is 19.1. The van der Waals surface area contributed by atoms with E-state index in [-0.39, 0.29) is 17.8 Å². The number of benzene rings is 1. The summed E-state index contributed by atoms with van der Waals surface area (Å²) in [5.74, 6) is -0.304. The molecule has 1 saturated heterocycles. The zero-order chi connectivity index (χ0) is 18.4. The van der Waals surface area contributed by atoms with Crippen LogP contribution in [-0.4, -0.2) is 81.1 Å². The highest BCUT2D eigenvalue weighted by molar-refractivity contribution is 5.83. The largest absolute Gasteiger partial charge is 0.383 e. The molecule has 0 aromatic heterocycles. The van der Waals surface area contributed by atoms with E-state index in [9.17, 15) is 9.18 Å². The van der Waals surface area contributed by atoms with Crippen molar-refractivity contribution in [2.75, 3.05) is 54.5 Å². The average molecular weight is 351 g/mol. The first-order valence-electron chi connectivity index (χ1n) is 8.84. The van der Waals surface area contributed by atoms with Gasteiger partial charge in [0.05, 0.1) is 6.61 Å². The third-order valence-corrected chi connectivity index (χ3v) is 4.86. The topological polar surface area (TPSA) is 36.0 Å². The molecule has 5 nitrogen and oxygen atoms in total. The molecule has 1 aromatic carbocycles. The molecule has 140 valence electrons. The summed E-state index contributed by atoms with van der Waals surface area (Å²) in [6.07, 6.45) is 1.91. The maximum Gasteiger partial charge on any atom is 0.244 e. The zero-order valence-electron chi connectivity index (χ0n) is 15.7. The average Bonchev–Trinajstić information content (AvgIpc) is 2.56. The van der Waals surface area contributed by atoms with E-state index in [1.165, 1.54) is 12.1 Å². The van der Waals surface area contributed by atoms with Crippen molar-refractivity contribution in [2.24, 2.45) is 0 Å². The third kappa shape index (κ3) is 5.23. The van der Waals surface area contributed by atoms with Crippen LogP contribution in [0.15, 0.2) is 24.3 Å². The smallest absolute Gasteiger partial charge is 0.244 e. The summed E-state index contributed by atoms with van der Waals surface area (Å²) in [5.41, 5.74) is 0.686. The first-order chi connectivity index (χ1) is 11.9. The van der Waals surface area contributed by atoms with E-state index in [1.54, 1.807) is 13.2 Å². The van der Waals surface area contributed by atoms with Gasteiger partial charge in [-0.2, -0.15) is 0 Å². The van der Waals surface area contributed by atoms with Crippen molar-refractivity contribution in [1.82, 2.24) is 14.7 Å². The van der Waals surface area contributed by atoms with E-state index in [2.05, 4.69) is 11.9 Å². The third-order valence-electron chi connectivity index (χ3n) is 4.86. The molecular weight excluding hydrogens is 321 g/mol. The van der Waals surface area contributed by atoms with Gasteiger partial charge in [0.25, 0.3) is 0 Å². The minimum Gasteiger partial charge on any atom is -0.383 e. The van der Waals surface area contributed by atoms with Crippen LogP contribution in [0.1, 0.15) is 24.4 Å². The molecule has 1 unspecified atom stereocenters. The van der Waals surface area contributed by atoms with Crippen LogP contribution in [0.2, 0.25) is 0 Å². The fourth-order valence-electron chi connectivity index (χ4n) is 3.46. The second kappa shape index (κ2) is 9.27. The van der Waals surface area contributed by atoms with Crippen LogP contribution in [0.4, 0.5) is 4.39 Å². The Morgan fingerprint density at radius 1 is 1.36 bits per heavy atom. The fourth-order valence-corrected chi connectivity index (χ4v) is 3.46. The number of carbonyl (C=O) groups is 1. The number of hydrogen-bond acceptors (Lipinski definition) is 4. The van der Waals surface area contributed by atoms with Crippen molar-refractivity contribution in [3.63, 3.8) is 0 Å². The lowest BCUT2D eigenvalue weighted by Gasteiger charge is -2.40. The van der Waals surface area contributed by atoms with Crippen molar-refractivity contribution in [3.8, 4) is 0 Å². The maximum atomic E-state index is 13.7. The molecule has 6 heteroatoms. The van der Waals surface area contributed by atoms with Gasteiger partial charge in [0, 0.05) is 19.7 Å². The molecule has 25 heavy (non-hydrogen) atoms. The molecule has 1 aliphatic heterocycles. The number of rotatable bonds is 7. The SMILES string of the molecule is COCCN(C(=O)C(c1cccc(F)c1)N(C)C)C1CCN(C)CC1. The van der Waals surface area contributed by atoms with Gasteiger partial charge in [0.15, 0.2) is 0 Å². The Morgan fingerprint density at radius 3 is 2.60 bits per heavy atom. The van der Waals surface area contributed by atoms with Crippen LogP contribution in [-0.2, 0) is 9.53 Å². The molecule has 0 saturated carbocycles. The van der Waals surface area contributed by atoms with E-state index in [1.807, 2.05) is 30.0 Å². The summed E-state index contributed by atoms with van der Waals surface area (Å²) in [6.45, 7) is 3.02. The van der Waals surface area contributed by atoms with Gasteiger partial charge < -0.3 is 14.5 Å². The molecule has 1 aromatic rings. The van der Waals surface area contributed by atoms with Gasteiger partial charge in [-0.05, 0) is 64.8 Å². The first-order valence-corrected chi connectivity index (χ1v) is 8.84. The minimum absolute atomic E-state index is 0.0159. The molecule has 0 spiro atoms. The number of likely N-dealkylation sites (tertiary alicyclic amines) is 1. The molecule has 1 atom stereocenters. The van der Waals surface area contributed by atoms with Gasteiger partial charge in [-0.15, -0.1) is 0 Å². The Morgan fingerprint density at radius 2 is 2.04 bits per heavy atom. The highest BCUT2D eigenvalue weighted by Crippen LogP contribution is 2.25. The van der Waals surface area contributed by atoms with Crippen molar-refractivity contribution in [3.05, 3.63) is 35.6 Å². The van der Waals surface area contributed by atoms with Crippen LogP contribution < -0.4 is 0 Å². The van der Waals surface area contributed by atoms with Gasteiger partial charge in [-0.3, -0.25) is 9.69 Å². The molecular formula is C19H30FN3O2. The number of halogens is 1.